The highest BCUT2D eigenvalue weighted by Crippen LogP contribution is 2.23. The summed E-state index contributed by atoms with van der Waals surface area (Å²) in [6.45, 7) is 7.97. The van der Waals surface area contributed by atoms with Crippen LogP contribution in [0.2, 0.25) is 0 Å². The molecule has 0 aromatic rings. The summed E-state index contributed by atoms with van der Waals surface area (Å²) in [5.74, 6) is 0. The molecule has 0 aliphatic rings. The normalized spacial score (nSPS) is 15.2. The Balaban J connectivity index is 3.88. The molecule has 2 heteroatoms. The SMILES string of the molecule is CCCCCCC(CC)(COCC)OC. The first-order valence-electron chi connectivity index (χ1n) is 6.37. The van der Waals surface area contributed by atoms with Crippen LogP contribution < -0.4 is 0 Å². The predicted molar refractivity (Wildman–Crippen MR) is 65.3 cm³/mol. The molecule has 0 radical (unpaired) electrons. The Hall–Kier alpha value is -0.0800. The van der Waals surface area contributed by atoms with Crippen molar-refractivity contribution in [2.75, 3.05) is 20.3 Å². The largest absolute Gasteiger partial charge is 0.379 e. The van der Waals surface area contributed by atoms with E-state index in [1.54, 1.807) is 0 Å². The summed E-state index contributed by atoms with van der Waals surface area (Å²) in [5.41, 5.74) is -0.0379. The fourth-order valence-corrected chi connectivity index (χ4v) is 1.82. The second-order valence-corrected chi connectivity index (χ2v) is 4.19. The van der Waals surface area contributed by atoms with Crippen molar-refractivity contribution >= 4 is 0 Å². The average Bonchev–Trinajstić information content (AvgIpc) is 2.29. The third-order valence-corrected chi connectivity index (χ3v) is 3.13. The van der Waals surface area contributed by atoms with Crippen molar-refractivity contribution in [3.8, 4) is 0 Å². The van der Waals surface area contributed by atoms with E-state index in [-0.39, 0.29) is 5.60 Å². The van der Waals surface area contributed by atoms with Gasteiger partial charge in [0.2, 0.25) is 0 Å². The Morgan fingerprint density at radius 3 is 2.20 bits per heavy atom. The number of hydrogen-bond donors (Lipinski definition) is 0. The molecule has 0 saturated heterocycles. The van der Waals surface area contributed by atoms with Gasteiger partial charge in [0.1, 0.15) is 0 Å². The van der Waals surface area contributed by atoms with E-state index < -0.39 is 0 Å². The van der Waals surface area contributed by atoms with Crippen molar-refractivity contribution in [3.05, 3.63) is 0 Å². The van der Waals surface area contributed by atoms with Gasteiger partial charge in [-0.2, -0.15) is 0 Å². The topological polar surface area (TPSA) is 18.5 Å². The van der Waals surface area contributed by atoms with E-state index >= 15 is 0 Å². The lowest BCUT2D eigenvalue weighted by Gasteiger charge is -2.31. The maximum atomic E-state index is 5.64. The molecule has 2 nitrogen and oxygen atoms in total. The average molecular weight is 216 g/mol. The molecule has 15 heavy (non-hydrogen) atoms. The van der Waals surface area contributed by atoms with Gasteiger partial charge in [0, 0.05) is 13.7 Å². The predicted octanol–water partition coefficient (Wildman–Crippen LogP) is 3.79. The lowest BCUT2D eigenvalue weighted by Crippen LogP contribution is -2.36. The van der Waals surface area contributed by atoms with Crippen LogP contribution >= 0.6 is 0 Å². The summed E-state index contributed by atoms with van der Waals surface area (Å²) in [4.78, 5) is 0. The molecule has 0 rings (SSSR count). The van der Waals surface area contributed by atoms with Crippen LogP contribution in [0.15, 0.2) is 0 Å². The van der Waals surface area contributed by atoms with Gasteiger partial charge < -0.3 is 9.47 Å². The standard InChI is InChI=1S/C13H28O2/c1-5-8-9-10-11-13(6-2,14-4)12-15-7-3/h5-12H2,1-4H3. The van der Waals surface area contributed by atoms with Gasteiger partial charge in [0.25, 0.3) is 0 Å². The van der Waals surface area contributed by atoms with Gasteiger partial charge in [0.15, 0.2) is 0 Å². The summed E-state index contributed by atoms with van der Waals surface area (Å²) in [6.07, 6.45) is 7.35. The van der Waals surface area contributed by atoms with Crippen molar-refractivity contribution in [1.82, 2.24) is 0 Å². The summed E-state index contributed by atoms with van der Waals surface area (Å²) in [5, 5.41) is 0. The van der Waals surface area contributed by atoms with Gasteiger partial charge in [-0.15, -0.1) is 0 Å². The zero-order chi connectivity index (χ0) is 11.6. The zero-order valence-corrected chi connectivity index (χ0v) is 11.0. The Kier molecular flexibility index (Phi) is 9.12. The zero-order valence-electron chi connectivity index (χ0n) is 11.0. The maximum Gasteiger partial charge on any atom is 0.0908 e. The molecule has 0 aliphatic carbocycles. The lowest BCUT2D eigenvalue weighted by molar-refractivity contribution is -0.0816. The monoisotopic (exact) mass is 216 g/mol. The summed E-state index contributed by atoms with van der Waals surface area (Å²) in [7, 11) is 1.81. The van der Waals surface area contributed by atoms with Crippen LogP contribution in [0.1, 0.15) is 59.3 Å². The van der Waals surface area contributed by atoms with Gasteiger partial charge in [-0.3, -0.25) is 0 Å². The second kappa shape index (κ2) is 9.17. The first-order valence-corrected chi connectivity index (χ1v) is 6.37. The Labute approximate surface area is 95.3 Å². The smallest absolute Gasteiger partial charge is 0.0908 e. The van der Waals surface area contributed by atoms with Crippen LogP contribution in [-0.4, -0.2) is 25.9 Å². The highest BCUT2D eigenvalue weighted by Gasteiger charge is 2.27. The minimum atomic E-state index is -0.0379. The molecule has 0 saturated carbocycles. The molecular formula is C13H28O2. The Morgan fingerprint density at radius 1 is 1.00 bits per heavy atom. The van der Waals surface area contributed by atoms with Crippen LogP contribution in [0.4, 0.5) is 0 Å². The van der Waals surface area contributed by atoms with Gasteiger partial charge in [-0.05, 0) is 19.8 Å². The molecule has 92 valence electrons. The molecule has 0 aromatic heterocycles. The molecule has 0 fully saturated rings. The van der Waals surface area contributed by atoms with Crippen molar-refractivity contribution in [3.63, 3.8) is 0 Å². The summed E-state index contributed by atoms with van der Waals surface area (Å²) < 4.78 is 11.2. The first kappa shape index (κ1) is 14.9. The molecule has 1 atom stereocenters. The quantitative estimate of drug-likeness (QED) is 0.517. The molecule has 0 bridgehead atoms. The molecule has 0 aliphatic heterocycles. The third-order valence-electron chi connectivity index (χ3n) is 3.13. The van der Waals surface area contributed by atoms with Crippen molar-refractivity contribution in [2.24, 2.45) is 0 Å². The fraction of sp³-hybridized carbons (Fsp3) is 1.00. The molecule has 0 spiro atoms. The van der Waals surface area contributed by atoms with E-state index in [0.717, 1.165) is 26.1 Å². The van der Waals surface area contributed by atoms with Gasteiger partial charge in [0.05, 0.1) is 12.2 Å². The third kappa shape index (κ3) is 6.16. The number of hydrogen-bond acceptors (Lipinski definition) is 2. The molecule has 0 amide bonds. The van der Waals surface area contributed by atoms with Crippen LogP contribution in [0.25, 0.3) is 0 Å². The van der Waals surface area contributed by atoms with E-state index in [4.69, 9.17) is 9.47 Å². The minimum absolute atomic E-state index is 0.0379. The minimum Gasteiger partial charge on any atom is -0.379 e. The molecular weight excluding hydrogens is 188 g/mol. The molecule has 1 unspecified atom stereocenters. The first-order chi connectivity index (χ1) is 7.24. The van der Waals surface area contributed by atoms with E-state index in [1.165, 1.54) is 25.7 Å². The van der Waals surface area contributed by atoms with E-state index in [2.05, 4.69) is 13.8 Å². The highest BCUT2D eigenvalue weighted by atomic mass is 16.5. The van der Waals surface area contributed by atoms with Crippen molar-refractivity contribution in [1.29, 1.82) is 0 Å². The number of methoxy groups -OCH3 is 1. The highest BCUT2D eigenvalue weighted by molar-refractivity contribution is 4.78. The molecule has 0 heterocycles. The molecule has 0 N–H and O–H groups in total. The number of rotatable bonds is 10. The van der Waals surface area contributed by atoms with Gasteiger partial charge >= 0.3 is 0 Å². The Morgan fingerprint density at radius 2 is 1.73 bits per heavy atom. The van der Waals surface area contributed by atoms with Crippen LogP contribution in [-0.2, 0) is 9.47 Å². The number of unbranched alkanes of at least 4 members (excludes halogenated alkanes) is 3. The number of ether oxygens (including phenoxy) is 2. The summed E-state index contributed by atoms with van der Waals surface area (Å²) in [6, 6.07) is 0. The van der Waals surface area contributed by atoms with E-state index in [1.807, 2.05) is 14.0 Å². The van der Waals surface area contributed by atoms with Crippen molar-refractivity contribution in [2.45, 2.75) is 64.9 Å². The fourth-order valence-electron chi connectivity index (χ4n) is 1.82. The van der Waals surface area contributed by atoms with Crippen LogP contribution in [0, 0.1) is 0 Å². The molecule has 0 aromatic carbocycles. The lowest BCUT2D eigenvalue weighted by atomic mass is 9.93. The van der Waals surface area contributed by atoms with Crippen molar-refractivity contribution < 1.29 is 9.47 Å². The van der Waals surface area contributed by atoms with Gasteiger partial charge in [-0.1, -0.05) is 39.5 Å². The second-order valence-electron chi connectivity index (χ2n) is 4.19. The maximum absolute atomic E-state index is 5.64. The summed E-state index contributed by atoms with van der Waals surface area (Å²) >= 11 is 0. The van der Waals surface area contributed by atoms with Crippen LogP contribution in [0.3, 0.4) is 0 Å². The van der Waals surface area contributed by atoms with E-state index in [0.29, 0.717) is 0 Å². The Bertz CT molecular complexity index is 130. The van der Waals surface area contributed by atoms with Crippen LogP contribution in [0.5, 0.6) is 0 Å². The van der Waals surface area contributed by atoms with Gasteiger partial charge in [-0.25, -0.2) is 0 Å². The van der Waals surface area contributed by atoms with E-state index in [9.17, 15) is 0 Å².